The highest BCUT2D eigenvalue weighted by Crippen LogP contribution is 2.45. The number of hydrogen-bond donors (Lipinski definition) is 2. The van der Waals surface area contributed by atoms with Gasteiger partial charge in [-0.05, 0) is 29.9 Å². The summed E-state index contributed by atoms with van der Waals surface area (Å²) in [7, 11) is 0. The molecule has 2 atom stereocenters. The Morgan fingerprint density at radius 3 is 2.89 bits per heavy atom. The van der Waals surface area contributed by atoms with Crippen LogP contribution < -0.4 is 5.32 Å². The number of aromatic nitrogens is 4. The number of fused-ring (bicyclic) bond motifs is 1. The van der Waals surface area contributed by atoms with Gasteiger partial charge < -0.3 is 0 Å². The highest BCUT2D eigenvalue weighted by Gasteiger charge is 2.39. The van der Waals surface area contributed by atoms with Crippen LogP contribution in [0, 0.1) is 5.41 Å². The molecule has 2 aromatic rings. The third-order valence-corrected chi connectivity index (χ3v) is 3.96. The standard InChI is InChI=1S/C14H19N5/c1-9(13-16-18-19-17-13)15-12-11-7-5-4-6-10(11)8-14(12,2)3/h4-7,9,12,15H,8H2,1-3H3,(H,16,17,18,19). The molecule has 2 unspecified atom stereocenters. The first-order valence-electron chi connectivity index (χ1n) is 6.65. The Hall–Kier alpha value is -1.75. The van der Waals surface area contributed by atoms with Gasteiger partial charge in [0.1, 0.15) is 0 Å². The Morgan fingerprint density at radius 1 is 1.37 bits per heavy atom. The molecule has 100 valence electrons. The second-order valence-corrected chi connectivity index (χ2v) is 5.96. The van der Waals surface area contributed by atoms with E-state index in [4.69, 9.17) is 0 Å². The Balaban J connectivity index is 1.87. The molecule has 3 rings (SSSR count). The van der Waals surface area contributed by atoms with E-state index in [1.807, 2.05) is 0 Å². The fourth-order valence-corrected chi connectivity index (χ4v) is 2.98. The predicted octanol–water partition coefficient (Wildman–Crippen LogP) is 2.17. The molecule has 0 saturated heterocycles. The van der Waals surface area contributed by atoms with Crippen LogP contribution in [-0.4, -0.2) is 20.6 Å². The second-order valence-electron chi connectivity index (χ2n) is 5.96. The first kappa shape index (κ1) is 12.3. The quantitative estimate of drug-likeness (QED) is 0.884. The van der Waals surface area contributed by atoms with Crippen LogP contribution >= 0.6 is 0 Å². The maximum atomic E-state index is 4.05. The second kappa shape index (κ2) is 4.42. The van der Waals surface area contributed by atoms with Crippen molar-refractivity contribution in [3.8, 4) is 0 Å². The minimum absolute atomic E-state index is 0.0779. The fraction of sp³-hybridized carbons (Fsp3) is 0.500. The van der Waals surface area contributed by atoms with E-state index in [1.165, 1.54) is 11.1 Å². The van der Waals surface area contributed by atoms with Crippen LogP contribution in [0.1, 0.15) is 49.8 Å². The van der Waals surface area contributed by atoms with Crippen LogP contribution in [0.25, 0.3) is 0 Å². The van der Waals surface area contributed by atoms with Gasteiger partial charge in [-0.15, -0.1) is 10.2 Å². The van der Waals surface area contributed by atoms with E-state index in [2.05, 4.69) is 71.0 Å². The third kappa shape index (κ3) is 2.14. The summed E-state index contributed by atoms with van der Waals surface area (Å²) in [5.41, 5.74) is 3.02. The average molecular weight is 257 g/mol. The molecule has 0 radical (unpaired) electrons. The molecular formula is C14H19N5. The van der Waals surface area contributed by atoms with Crippen LogP contribution in [0.2, 0.25) is 0 Å². The molecule has 1 aromatic carbocycles. The first-order valence-corrected chi connectivity index (χ1v) is 6.65. The Morgan fingerprint density at radius 2 is 2.16 bits per heavy atom. The molecule has 0 aliphatic heterocycles. The Labute approximate surface area is 112 Å². The molecule has 5 heteroatoms. The summed E-state index contributed by atoms with van der Waals surface area (Å²) in [4.78, 5) is 0. The van der Waals surface area contributed by atoms with Crippen molar-refractivity contribution >= 4 is 0 Å². The third-order valence-electron chi connectivity index (χ3n) is 3.96. The molecule has 1 aliphatic rings. The van der Waals surface area contributed by atoms with Gasteiger partial charge >= 0.3 is 0 Å². The smallest absolute Gasteiger partial charge is 0.191 e. The molecule has 5 nitrogen and oxygen atoms in total. The molecule has 1 aromatic heterocycles. The van der Waals surface area contributed by atoms with E-state index < -0.39 is 0 Å². The van der Waals surface area contributed by atoms with Crippen molar-refractivity contribution in [2.75, 3.05) is 0 Å². The summed E-state index contributed by atoms with van der Waals surface area (Å²) in [6, 6.07) is 9.04. The highest BCUT2D eigenvalue weighted by molar-refractivity contribution is 5.37. The average Bonchev–Trinajstić information content (AvgIpc) is 2.96. The van der Waals surface area contributed by atoms with Gasteiger partial charge in [0.2, 0.25) is 0 Å². The number of tetrazole rings is 1. The summed E-state index contributed by atoms with van der Waals surface area (Å²) in [6.07, 6.45) is 1.10. The number of benzene rings is 1. The van der Waals surface area contributed by atoms with Crippen LogP contribution in [-0.2, 0) is 6.42 Å². The minimum atomic E-state index is 0.0779. The molecule has 0 spiro atoms. The van der Waals surface area contributed by atoms with Gasteiger partial charge in [0.25, 0.3) is 0 Å². The summed E-state index contributed by atoms with van der Waals surface area (Å²) in [5.74, 6) is 0.709. The van der Waals surface area contributed by atoms with Gasteiger partial charge in [-0.3, -0.25) is 5.32 Å². The Kier molecular flexibility index (Phi) is 2.86. The van der Waals surface area contributed by atoms with E-state index >= 15 is 0 Å². The zero-order chi connectivity index (χ0) is 13.5. The maximum Gasteiger partial charge on any atom is 0.191 e. The van der Waals surface area contributed by atoms with Crippen molar-refractivity contribution in [1.29, 1.82) is 0 Å². The van der Waals surface area contributed by atoms with Gasteiger partial charge in [-0.1, -0.05) is 43.3 Å². The fourth-order valence-electron chi connectivity index (χ4n) is 2.98. The molecule has 0 bridgehead atoms. The van der Waals surface area contributed by atoms with Gasteiger partial charge in [0.05, 0.1) is 6.04 Å². The lowest BCUT2D eigenvalue weighted by molar-refractivity contribution is 0.250. The van der Waals surface area contributed by atoms with Crippen molar-refractivity contribution in [3.63, 3.8) is 0 Å². The minimum Gasteiger partial charge on any atom is -0.300 e. The molecule has 1 aliphatic carbocycles. The Bertz CT molecular complexity index is 561. The molecular weight excluding hydrogens is 238 g/mol. The predicted molar refractivity (Wildman–Crippen MR) is 72.4 cm³/mol. The highest BCUT2D eigenvalue weighted by atomic mass is 15.5. The maximum absolute atomic E-state index is 4.05. The lowest BCUT2D eigenvalue weighted by Crippen LogP contribution is -2.33. The number of rotatable bonds is 3. The summed E-state index contributed by atoms with van der Waals surface area (Å²) < 4.78 is 0. The van der Waals surface area contributed by atoms with Crippen LogP contribution in [0.5, 0.6) is 0 Å². The molecule has 0 saturated carbocycles. The SMILES string of the molecule is CC(NC1c2ccccc2CC1(C)C)c1nn[nH]n1. The van der Waals surface area contributed by atoms with E-state index in [0.29, 0.717) is 11.9 Å². The monoisotopic (exact) mass is 257 g/mol. The summed E-state index contributed by atoms with van der Waals surface area (Å²) >= 11 is 0. The van der Waals surface area contributed by atoms with Crippen LogP contribution in [0.3, 0.4) is 0 Å². The lowest BCUT2D eigenvalue weighted by atomic mass is 9.85. The molecule has 2 N–H and O–H groups in total. The number of nitrogens with one attached hydrogen (secondary N) is 2. The van der Waals surface area contributed by atoms with E-state index in [1.54, 1.807) is 0 Å². The number of aromatic amines is 1. The first-order chi connectivity index (χ1) is 9.08. The molecule has 19 heavy (non-hydrogen) atoms. The number of hydrogen-bond acceptors (Lipinski definition) is 4. The van der Waals surface area contributed by atoms with E-state index in [9.17, 15) is 0 Å². The van der Waals surface area contributed by atoms with Crippen molar-refractivity contribution in [1.82, 2.24) is 25.9 Å². The van der Waals surface area contributed by atoms with Crippen LogP contribution in [0.4, 0.5) is 0 Å². The summed E-state index contributed by atoms with van der Waals surface area (Å²) in [6.45, 7) is 6.67. The number of H-pyrrole nitrogens is 1. The van der Waals surface area contributed by atoms with Gasteiger partial charge in [-0.25, -0.2) is 0 Å². The van der Waals surface area contributed by atoms with Crippen molar-refractivity contribution in [2.24, 2.45) is 5.41 Å². The van der Waals surface area contributed by atoms with Gasteiger partial charge in [0, 0.05) is 6.04 Å². The zero-order valence-electron chi connectivity index (χ0n) is 11.5. The largest absolute Gasteiger partial charge is 0.300 e. The van der Waals surface area contributed by atoms with Gasteiger partial charge in [0.15, 0.2) is 5.82 Å². The molecule has 0 fully saturated rings. The van der Waals surface area contributed by atoms with Crippen molar-refractivity contribution < 1.29 is 0 Å². The summed E-state index contributed by atoms with van der Waals surface area (Å²) in [5, 5.41) is 17.9. The molecule has 1 heterocycles. The van der Waals surface area contributed by atoms with E-state index in [0.717, 1.165) is 6.42 Å². The molecule has 0 amide bonds. The number of nitrogens with zero attached hydrogens (tertiary/aromatic N) is 3. The topological polar surface area (TPSA) is 66.5 Å². The normalized spacial score (nSPS) is 22.2. The van der Waals surface area contributed by atoms with Gasteiger partial charge in [-0.2, -0.15) is 5.21 Å². The van der Waals surface area contributed by atoms with E-state index in [-0.39, 0.29) is 11.5 Å². The zero-order valence-corrected chi connectivity index (χ0v) is 11.5. The lowest BCUT2D eigenvalue weighted by Gasteiger charge is -2.30. The van der Waals surface area contributed by atoms with Crippen molar-refractivity contribution in [2.45, 2.75) is 39.3 Å². The van der Waals surface area contributed by atoms with Crippen molar-refractivity contribution in [3.05, 3.63) is 41.2 Å². The van der Waals surface area contributed by atoms with Crippen LogP contribution in [0.15, 0.2) is 24.3 Å².